The molecule has 1 unspecified atom stereocenters. The van der Waals surface area contributed by atoms with Crippen molar-refractivity contribution < 1.29 is 4.74 Å². The number of aryl methyl sites for hydroxylation is 1. The molecule has 2 nitrogen and oxygen atoms in total. The molecular formula is C19H25NO. The van der Waals surface area contributed by atoms with Crippen LogP contribution in [0.1, 0.15) is 36.9 Å². The molecule has 2 rings (SSSR count). The van der Waals surface area contributed by atoms with E-state index in [4.69, 9.17) is 4.74 Å². The molecule has 2 heteroatoms. The van der Waals surface area contributed by atoms with Crippen molar-refractivity contribution in [1.82, 2.24) is 5.32 Å². The predicted octanol–water partition coefficient (Wildman–Crippen LogP) is 4.50. The molecule has 1 atom stereocenters. The van der Waals surface area contributed by atoms with E-state index in [9.17, 15) is 0 Å². The van der Waals surface area contributed by atoms with Gasteiger partial charge >= 0.3 is 0 Å². The molecule has 0 saturated heterocycles. The number of rotatable bonds is 8. The quantitative estimate of drug-likeness (QED) is 0.770. The summed E-state index contributed by atoms with van der Waals surface area (Å²) in [7, 11) is 0. The standard InChI is InChI=1S/C19H25NO/c1-3-14-20-19(18-12-8-7-9-16(18)2)13-15-21-17-10-5-4-6-11-17/h4-12,19-20H,3,13-15H2,1-2H3. The topological polar surface area (TPSA) is 21.3 Å². The van der Waals surface area contributed by atoms with Crippen molar-refractivity contribution in [2.24, 2.45) is 0 Å². The van der Waals surface area contributed by atoms with Crippen LogP contribution in [0.3, 0.4) is 0 Å². The molecule has 0 aromatic heterocycles. The van der Waals surface area contributed by atoms with E-state index in [2.05, 4.69) is 43.4 Å². The first kappa shape index (κ1) is 15.6. The largest absolute Gasteiger partial charge is 0.494 e. The number of hydrogen-bond donors (Lipinski definition) is 1. The molecule has 0 spiro atoms. The Balaban J connectivity index is 1.95. The Bertz CT molecular complexity index is 524. The Hall–Kier alpha value is -1.80. The molecule has 2 aromatic rings. The summed E-state index contributed by atoms with van der Waals surface area (Å²) in [5.74, 6) is 0.941. The van der Waals surface area contributed by atoms with Crippen LogP contribution >= 0.6 is 0 Å². The zero-order valence-electron chi connectivity index (χ0n) is 13.0. The minimum atomic E-state index is 0.356. The Morgan fingerprint density at radius 1 is 1.00 bits per heavy atom. The minimum absolute atomic E-state index is 0.356. The van der Waals surface area contributed by atoms with Gasteiger partial charge in [0.2, 0.25) is 0 Å². The number of ether oxygens (including phenoxy) is 1. The van der Waals surface area contributed by atoms with Gasteiger partial charge in [0, 0.05) is 12.5 Å². The molecule has 0 bridgehead atoms. The summed E-state index contributed by atoms with van der Waals surface area (Å²) in [4.78, 5) is 0. The first-order chi connectivity index (χ1) is 10.3. The Morgan fingerprint density at radius 2 is 1.71 bits per heavy atom. The van der Waals surface area contributed by atoms with Crippen LogP contribution in [0.25, 0.3) is 0 Å². The molecule has 2 aromatic carbocycles. The van der Waals surface area contributed by atoms with E-state index in [1.165, 1.54) is 11.1 Å². The Kier molecular flexibility index (Phi) is 6.29. The molecule has 1 N–H and O–H groups in total. The second-order valence-electron chi connectivity index (χ2n) is 5.31. The van der Waals surface area contributed by atoms with Crippen molar-refractivity contribution >= 4 is 0 Å². The van der Waals surface area contributed by atoms with Crippen molar-refractivity contribution in [2.75, 3.05) is 13.2 Å². The first-order valence-electron chi connectivity index (χ1n) is 7.78. The highest BCUT2D eigenvalue weighted by Crippen LogP contribution is 2.21. The van der Waals surface area contributed by atoms with Gasteiger partial charge in [-0.25, -0.2) is 0 Å². The van der Waals surface area contributed by atoms with Crippen molar-refractivity contribution in [1.29, 1.82) is 0 Å². The van der Waals surface area contributed by atoms with Gasteiger partial charge in [-0.3, -0.25) is 0 Å². The zero-order chi connectivity index (χ0) is 14.9. The Labute approximate surface area is 128 Å². The second-order valence-corrected chi connectivity index (χ2v) is 5.31. The van der Waals surface area contributed by atoms with E-state index < -0.39 is 0 Å². The maximum atomic E-state index is 5.84. The summed E-state index contributed by atoms with van der Waals surface area (Å²) in [6.45, 7) is 6.13. The first-order valence-corrected chi connectivity index (χ1v) is 7.78. The maximum absolute atomic E-state index is 5.84. The van der Waals surface area contributed by atoms with Gasteiger partial charge in [0.25, 0.3) is 0 Å². The van der Waals surface area contributed by atoms with E-state index >= 15 is 0 Å². The van der Waals surface area contributed by atoms with Crippen molar-refractivity contribution in [3.8, 4) is 5.75 Å². The van der Waals surface area contributed by atoms with Crippen molar-refractivity contribution in [2.45, 2.75) is 32.7 Å². The zero-order valence-corrected chi connectivity index (χ0v) is 13.0. The fourth-order valence-electron chi connectivity index (χ4n) is 2.48. The average molecular weight is 283 g/mol. The minimum Gasteiger partial charge on any atom is -0.494 e. The van der Waals surface area contributed by atoms with Gasteiger partial charge in [0.05, 0.1) is 6.61 Å². The monoisotopic (exact) mass is 283 g/mol. The summed E-state index contributed by atoms with van der Waals surface area (Å²) in [6, 6.07) is 19.0. The van der Waals surface area contributed by atoms with Crippen molar-refractivity contribution in [3.63, 3.8) is 0 Å². The highest BCUT2D eigenvalue weighted by Gasteiger charge is 2.12. The molecule has 112 valence electrons. The lowest BCUT2D eigenvalue weighted by atomic mass is 9.99. The summed E-state index contributed by atoms with van der Waals surface area (Å²) < 4.78 is 5.84. The third-order valence-corrected chi connectivity index (χ3v) is 3.62. The number of para-hydroxylation sites is 1. The molecule has 0 amide bonds. The van der Waals surface area contributed by atoms with Crippen LogP contribution in [0.5, 0.6) is 5.75 Å². The molecule has 0 saturated carbocycles. The summed E-state index contributed by atoms with van der Waals surface area (Å²) in [5.41, 5.74) is 2.72. The van der Waals surface area contributed by atoms with E-state index in [0.29, 0.717) is 6.04 Å². The van der Waals surface area contributed by atoms with Gasteiger partial charge in [-0.1, -0.05) is 49.4 Å². The van der Waals surface area contributed by atoms with Gasteiger partial charge in [-0.15, -0.1) is 0 Å². The normalized spacial score (nSPS) is 12.1. The lowest BCUT2D eigenvalue weighted by molar-refractivity contribution is 0.286. The van der Waals surface area contributed by atoms with Gasteiger partial charge in [0.15, 0.2) is 0 Å². The third kappa shape index (κ3) is 4.91. The number of nitrogens with one attached hydrogen (secondary N) is 1. The SMILES string of the molecule is CCCNC(CCOc1ccccc1)c1ccccc1C. The van der Waals surface area contributed by atoms with Gasteiger partial charge < -0.3 is 10.1 Å². The van der Waals surface area contributed by atoms with Gasteiger partial charge in [-0.05, 0) is 43.1 Å². The van der Waals surface area contributed by atoms with E-state index in [1.807, 2.05) is 30.3 Å². The molecule has 0 radical (unpaired) electrons. The van der Waals surface area contributed by atoms with Crippen LogP contribution in [0.4, 0.5) is 0 Å². The fourth-order valence-corrected chi connectivity index (χ4v) is 2.48. The summed E-state index contributed by atoms with van der Waals surface area (Å²) in [6.07, 6.45) is 2.11. The summed E-state index contributed by atoms with van der Waals surface area (Å²) >= 11 is 0. The lowest BCUT2D eigenvalue weighted by Crippen LogP contribution is -2.24. The van der Waals surface area contributed by atoms with Crippen LogP contribution in [0.15, 0.2) is 54.6 Å². The smallest absolute Gasteiger partial charge is 0.119 e. The molecule has 0 heterocycles. The van der Waals surface area contributed by atoms with E-state index in [0.717, 1.165) is 31.7 Å². The maximum Gasteiger partial charge on any atom is 0.119 e. The molecule has 21 heavy (non-hydrogen) atoms. The molecule has 0 fully saturated rings. The van der Waals surface area contributed by atoms with Crippen LogP contribution in [-0.4, -0.2) is 13.2 Å². The van der Waals surface area contributed by atoms with E-state index in [1.54, 1.807) is 0 Å². The highest BCUT2D eigenvalue weighted by molar-refractivity contribution is 5.28. The Morgan fingerprint density at radius 3 is 2.43 bits per heavy atom. The highest BCUT2D eigenvalue weighted by atomic mass is 16.5. The van der Waals surface area contributed by atoms with Gasteiger partial charge in [0.1, 0.15) is 5.75 Å². The fraction of sp³-hybridized carbons (Fsp3) is 0.368. The third-order valence-electron chi connectivity index (χ3n) is 3.62. The van der Waals surface area contributed by atoms with Gasteiger partial charge in [-0.2, -0.15) is 0 Å². The van der Waals surface area contributed by atoms with Crippen LogP contribution < -0.4 is 10.1 Å². The molecule has 0 aliphatic heterocycles. The second kappa shape index (κ2) is 8.48. The summed E-state index contributed by atoms with van der Waals surface area (Å²) in [5, 5.41) is 3.63. The average Bonchev–Trinajstić information content (AvgIpc) is 2.52. The molecular weight excluding hydrogens is 258 g/mol. The lowest BCUT2D eigenvalue weighted by Gasteiger charge is -2.21. The predicted molar refractivity (Wildman–Crippen MR) is 88.8 cm³/mol. The number of benzene rings is 2. The number of hydrogen-bond acceptors (Lipinski definition) is 2. The van der Waals surface area contributed by atoms with Crippen LogP contribution in [0, 0.1) is 6.92 Å². The van der Waals surface area contributed by atoms with Crippen LogP contribution in [-0.2, 0) is 0 Å². The van der Waals surface area contributed by atoms with E-state index in [-0.39, 0.29) is 0 Å². The van der Waals surface area contributed by atoms with Crippen molar-refractivity contribution in [3.05, 3.63) is 65.7 Å². The van der Waals surface area contributed by atoms with Crippen LogP contribution in [0.2, 0.25) is 0 Å². The molecule has 0 aliphatic carbocycles. The molecule has 0 aliphatic rings.